The molecule has 30 heavy (non-hydrogen) atoms. The van der Waals surface area contributed by atoms with Crippen molar-refractivity contribution in [2.75, 3.05) is 23.3 Å². The summed E-state index contributed by atoms with van der Waals surface area (Å²) in [6, 6.07) is 7.95. The Morgan fingerprint density at radius 2 is 1.90 bits per heavy atom. The first-order valence-electron chi connectivity index (χ1n) is 10.2. The molecule has 160 valence electrons. The maximum Gasteiger partial charge on any atom is 0.221 e. The Morgan fingerprint density at radius 1 is 1.23 bits per heavy atom. The van der Waals surface area contributed by atoms with Crippen LogP contribution < -0.4 is 10.2 Å². The summed E-state index contributed by atoms with van der Waals surface area (Å²) in [6.07, 6.45) is 0.669. The van der Waals surface area contributed by atoms with Crippen molar-refractivity contribution in [1.82, 2.24) is 4.37 Å². The van der Waals surface area contributed by atoms with Gasteiger partial charge in [0.1, 0.15) is 17.3 Å². The van der Waals surface area contributed by atoms with Gasteiger partial charge in [-0.15, -0.1) is 10.2 Å². The monoisotopic (exact) mass is 426 g/mol. The number of nitriles is 1. The molecule has 1 aromatic carbocycles. The Balaban J connectivity index is 2.41. The van der Waals surface area contributed by atoms with Gasteiger partial charge in [-0.05, 0) is 48.0 Å². The molecule has 0 aliphatic heterocycles. The van der Waals surface area contributed by atoms with E-state index in [0.717, 1.165) is 36.0 Å². The molecule has 1 N–H and O–H groups in total. The van der Waals surface area contributed by atoms with Crippen molar-refractivity contribution in [3.05, 3.63) is 29.5 Å². The lowest BCUT2D eigenvalue weighted by Crippen LogP contribution is -2.31. The molecule has 0 saturated carbocycles. The first kappa shape index (κ1) is 23.5. The van der Waals surface area contributed by atoms with E-state index in [1.165, 1.54) is 6.92 Å². The zero-order valence-corrected chi connectivity index (χ0v) is 19.4. The van der Waals surface area contributed by atoms with Crippen LogP contribution in [0, 0.1) is 23.2 Å². The van der Waals surface area contributed by atoms with Crippen LogP contribution in [0.5, 0.6) is 0 Å². The highest BCUT2D eigenvalue weighted by molar-refractivity contribution is 7.10. The SMILES string of the molecule is CCc1nsc(N=Nc2ccc(N(CC(C)C)CC(C)C)cc2NC(C)=O)c1C#N. The third kappa shape index (κ3) is 6.36. The number of carbonyl (C=O) groups excluding carboxylic acids is 1. The second-order valence-electron chi connectivity index (χ2n) is 8.05. The number of hydrogen-bond acceptors (Lipinski definition) is 7. The van der Waals surface area contributed by atoms with Crippen molar-refractivity contribution in [1.29, 1.82) is 5.26 Å². The largest absolute Gasteiger partial charge is 0.371 e. The quantitative estimate of drug-likeness (QED) is 0.492. The maximum atomic E-state index is 11.8. The lowest BCUT2D eigenvalue weighted by molar-refractivity contribution is -0.114. The van der Waals surface area contributed by atoms with Crippen molar-refractivity contribution in [3.8, 4) is 6.07 Å². The van der Waals surface area contributed by atoms with Crippen LogP contribution in [0.4, 0.5) is 22.1 Å². The molecule has 0 saturated heterocycles. The van der Waals surface area contributed by atoms with Gasteiger partial charge in [-0.1, -0.05) is 34.6 Å². The van der Waals surface area contributed by atoms with Crippen molar-refractivity contribution >= 4 is 39.5 Å². The molecule has 0 spiro atoms. The minimum absolute atomic E-state index is 0.174. The standard InChI is InChI=1S/C22H30N6OS/c1-7-19-18(11-23)22(30-27-19)26-25-20-9-8-17(10-21(20)24-16(6)29)28(12-14(2)3)13-15(4)5/h8-10,14-15H,7,12-13H2,1-6H3,(H,24,29). The van der Waals surface area contributed by atoms with Crippen LogP contribution >= 0.6 is 11.5 Å². The van der Waals surface area contributed by atoms with Gasteiger partial charge in [-0.2, -0.15) is 9.64 Å². The van der Waals surface area contributed by atoms with Gasteiger partial charge in [-0.25, -0.2) is 0 Å². The lowest BCUT2D eigenvalue weighted by Gasteiger charge is -2.29. The van der Waals surface area contributed by atoms with E-state index >= 15 is 0 Å². The second-order valence-corrected chi connectivity index (χ2v) is 8.80. The number of aromatic nitrogens is 1. The summed E-state index contributed by atoms with van der Waals surface area (Å²) in [6.45, 7) is 14.0. The highest BCUT2D eigenvalue weighted by Crippen LogP contribution is 2.34. The van der Waals surface area contributed by atoms with Crippen molar-refractivity contribution < 1.29 is 4.79 Å². The lowest BCUT2D eigenvalue weighted by atomic mass is 10.1. The van der Waals surface area contributed by atoms with Gasteiger partial charge in [0.05, 0.1) is 11.4 Å². The van der Waals surface area contributed by atoms with Gasteiger partial charge in [0.15, 0.2) is 5.00 Å². The van der Waals surface area contributed by atoms with Crippen LogP contribution in [-0.2, 0) is 11.2 Å². The van der Waals surface area contributed by atoms with Gasteiger partial charge >= 0.3 is 0 Å². The van der Waals surface area contributed by atoms with Crippen molar-refractivity contribution in [2.45, 2.75) is 48.0 Å². The molecular weight excluding hydrogens is 396 g/mol. The Hall–Kier alpha value is -2.79. The van der Waals surface area contributed by atoms with E-state index < -0.39 is 0 Å². The third-order valence-electron chi connectivity index (χ3n) is 4.27. The molecule has 0 aliphatic rings. The smallest absolute Gasteiger partial charge is 0.221 e. The average molecular weight is 427 g/mol. The van der Waals surface area contributed by atoms with Crippen LogP contribution in [0.1, 0.15) is 52.8 Å². The molecule has 0 aliphatic carbocycles. The molecule has 1 aromatic heterocycles. The normalized spacial score (nSPS) is 11.3. The maximum absolute atomic E-state index is 11.8. The zero-order valence-electron chi connectivity index (χ0n) is 18.6. The van der Waals surface area contributed by atoms with Gasteiger partial charge < -0.3 is 10.2 Å². The van der Waals surface area contributed by atoms with Gasteiger partial charge in [0.25, 0.3) is 0 Å². The first-order valence-corrected chi connectivity index (χ1v) is 11.0. The van der Waals surface area contributed by atoms with E-state index in [0.29, 0.717) is 40.2 Å². The molecule has 2 aromatic rings. The summed E-state index contributed by atoms with van der Waals surface area (Å²) >= 11 is 1.16. The summed E-state index contributed by atoms with van der Waals surface area (Å²) in [5, 5.41) is 21.3. The van der Waals surface area contributed by atoms with Crippen LogP contribution in [0.2, 0.25) is 0 Å². The van der Waals surface area contributed by atoms with Crippen LogP contribution in [-0.4, -0.2) is 23.4 Å². The number of rotatable bonds is 9. The minimum atomic E-state index is -0.174. The van der Waals surface area contributed by atoms with Crippen LogP contribution in [0.15, 0.2) is 28.4 Å². The molecule has 7 nitrogen and oxygen atoms in total. The predicted molar refractivity (Wildman–Crippen MR) is 123 cm³/mol. The number of benzene rings is 1. The molecule has 0 bridgehead atoms. The summed E-state index contributed by atoms with van der Waals surface area (Å²) in [7, 11) is 0. The van der Waals surface area contributed by atoms with Gasteiger partial charge in [0.2, 0.25) is 5.91 Å². The fraction of sp³-hybridized carbons (Fsp3) is 0.500. The number of anilines is 2. The number of nitrogens with zero attached hydrogens (tertiary/aromatic N) is 5. The van der Waals surface area contributed by atoms with E-state index in [2.05, 4.69) is 58.6 Å². The van der Waals surface area contributed by atoms with Gasteiger partial charge in [0, 0.05) is 25.7 Å². The molecule has 1 heterocycles. The first-order chi connectivity index (χ1) is 14.2. The van der Waals surface area contributed by atoms with E-state index in [1.807, 2.05) is 25.1 Å². The van der Waals surface area contributed by atoms with E-state index in [4.69, 9.17) is 0 Å². The van der Waals surface area contributed by atoms with Gasteiger partial charge in [-0.3, -0.25) is 4.79 Å². The van der Waals surface area contributed by atoms with E-state index in [-0.39, 0.29) is 5.91 Å². The van der Waals surface area contributed by atoms with Crippen LogP contribution in [0.25, 0.3) is 0 Å². The number of aryl methyl sites for hydroxylation is 1. The number of hydrogen-bond donors (Lipinski definition) is 1. The topological polar surface area (TPSA) is 93.7 Å². The Kier molecular flexibility index (Phi) is 8.48. The molecule has 0 atom stereocenters. The Morgan fingerprint density at radius 3 is 2.43 bits per heavy atom. The molecular formula is C22H30N6OS. The molecule has 8 heteroatoms. The summed E-state index contributed by atoms with van der Waals surface area (Å²) in [4.78, 5) is 14.1. The summed E-state index contributed by atoms with van der Waals surface area (Å²) in [5.74, 6) is 0.846. The fourth-order valence-electron chi connectivity index (χ4n) is 3.10. The minimum Gasteiger partial charge on any atom is -0.371 e. The number of amides is 1. The Bertz CT molecular complexity index is 932. The molecule has 0 fully saturated rings. The van der Waals surface area contributed by atoms with E-state index in [9.17, 15) is 10.1 Å². The number of carbonyl (C=O) groups is 1. The molecule has 0 radical (unpaired) electrons. The Labute approximate surface area is 183 Å². The molecule has 1 amide bonds. The third-order valence-corrected chi connectivity index (χ3v) is 5.04. The van der Waals surface area contributed by atoms with Crippen molar-refractivity contribution in [3.63, 3.8) is 0 Å². The summed E-state index contributed by atoms with van der Waals surface area (Å²) in [5.41, 5.74) is 3.36. The predicted octanol–water partition coefficient (Wildman–Crippen LogP) is 6.07. The van der Waals surface area contributed by atoms with Crippen molar-refractivity contribution in [2.24, 2.45) is 22.1 Å². The zero-order chi connectivity index (χ0) is 22.3. The number of nitrogens with one attached hydrogen (secondary N) is 1. The molecule has 2 rings (SSSR count). The summed E-state index contributed by atoms with van der Waals surface area (Å²) < 4.78 is 4.27. The number of azo groups is 1. The highest BCUT2D eigenvalue weighted by Gasteiger charge is 2.15. The second kappa shape index (κ2) is 10.8. The van der Waals surface area contributed by atoms with E-state index in [1.54, 1.807) is 0 Å². The highest BCUT2D eigenvalue weighted by atomic mass is 32.1. The van der Waals surface area contributed by atoms with Crippen LogP contribution in [0.3, 0.4) is 0 Å². The average Bonchev–Trinajstić information content (AvgIpc) is 3.07. The fourth-order valence-corrected chi connectivity index (χ4v) is 3.85. The molecule has 0 unspecified atom stereocenters.